The van der Waals surface area contributed by atoms with Crippen molar-refractivity contribution in [2.75, 3.05) is 13.2 Å². The van der Waals surface area contributed by atoms with Crippen LogP contribution >= 0.6 is 26.6 Å². The fraction of sp³-hybridized carbons (Fsp3) is 0.545. The van der Waals surface area contributed by atoms with E-state index in [1.54, 1.807) is 0 Å². The van der Waals surface area contributed by atoms with Gasteiger partial charge in [0.15, 0.2) is 10.4 Å². The van der Waals surface area contributed by atoms with Crippen LogP contribution in [-0.2, 0) is 13.8 Å². The van der Waals surface area contributed by atoms with Gasteiger partial charge in [-0.3, -0.25) is 4.79 Å². The fourth-order valence-corrected chi connectivity index (χ4v) is 3.95. The van der Waals surface area contributed by atoms with Crippen LogP contribution < -0.4 is 5.32 Å². The van der Waals surface area contributed by atoms with Crippen LogP contribution in [0.15, 0.2) is 20.0 Å². The summed E-state index contributed by atoms with van der Waals surface area (Å²) in [5.74, 6) is -0.592. The van der Waals surface area contributed by atoms with E-state index < -0.39 is 20.5 Å². The molecule has 0 unspecified atom stereocenters. The lowest BCUT2D eigenvalue weighted by Crippen LogP contribution is -2.49. The van der Waals surface area contributed by atoms with Gasteiger partial charge < -0.3 is 14.5 Å². The van der Waals surface area contributed by atoms with Gasteiger partial charge >= 0.3 is 0 Å². The lowest BCUT2D eigenvalue weighted by Gasteiger charge is -2.34. The monoisotopic (exact) mass is 385 g/mol. The first-order chi connectivity index (χ1) is 9.21. The summed E-state index contributed by atoms with van der Waals surface area (Å²) in [6.07, 6.45) is 1.36. The largest absolute Gasteiger partial charge is 0.443 e. The van der Waals surface area contributed by atoms with Crippen LogP contribution in [0.2, 0.25) is 0 Å². The molecule has 0 radical (unpaired) electrons. The number of amides is 1. The van der Waals surface area contributed by atoms with Gasteiger partial charge in [-0.2, -0.15) is 0 Å². The number of carbonyl (C=O) groups is 1. The summed E-state index contributed by atoms with van der Waals surface area (Å²) in [5, 5.41) is 2.83. The summed E-state index contributed by atoms with van der Waals surface area (Å²) >= 11 is 2.93. The molecule has 0 atom stereocenters. The zero-order valence-corrected chi connectivity index (χ0v) is 13.8. The van der Waals surface area contributed by atoms with Crippen molar-refractivity contribution >= 4 is 41.6 Å². The SMILES string of the molecule is CC1(NC(=O)c2cc(S(=O)(=O)Cl)c(Br)o2)CCOCC1. The smallest absolute Gasteiger partial charge is 0.287 e. The molecule has 0 aromatic carbocycles. The van der Waals surface area contributed by atoms with Crippen LogP contribution in [0.25, 0.3) is 0 Å². The summed E-state index contributed by atoms with van der Waals surface area (Å²) in [6.45, 7) is 3.05. The third-order valence-corrected chi connectivity index (χ3v) is 5.33. The molecule has 1 saturated heterocycles. The molecule has 6 nitrogen and oxygen atoms in total. The number of carbonyl (C=O) groups excluding carboxylic acids is 1. The molecule has 20 heavy (non-hydrogen) atoms. The number of ether oxygens (including phenoxy) is 1. The van der Waals surface area contributed by atoms with Crippen molar-refractivity contribution in [2.45, 2.75) is 30.2 Å². The maximum Gasteiger partial charge on any atom is 0.287 e. The maximum absolute atomic E-state index is 12.1. The van der Waals surface area contributed by atoms with Gasteiger partial charge in [0.25, 0.3) is 15.0 Å². The lowest BCUT2D eigenvalue weighted by molar-refractivity contribution is 0.0414. The summed E-state index contributed by atoms with van der Waals surface area (Å²) < 4.78 is 32.8. The van der Waals surface area contributed by atoms with Gasteiger partial charge in [-0.15, -0.1) is 0 Å². The summed E-state index contributed by atoms with van der Waals surface area (Å²) in [4.78, 5) is 11.8. The van der Waals surface area contributed by atoms with E-state index in [2.05, 4.69) is 21.2 Å². The quantitative estimate of drug-likeness (QED) is 0.805. The Morgan fingerprint density at radius 1 is 1.45 bits per heavy atom. The highest BCUT2D eigenvalue weighted by molar-refractivity contribution is 9.10. The van der Waals surface area contributed by atoms with E-state index in [4.69, 9.17) is 19.8 Å². The summed E-state index contributed by atoms with van der Waals surface area (Å²) in [7, 11) is 1.27. The molecule has 0 saturated carbocycles. The highest BCUT2D eigenvalue weighted by Crippen LogP contribution is 2.29. The average molecular weight is 387 g/mol. The molecule has 1 aliphatic rings. The van der Waals surface area contributed by atoms with Gasteiger partial charge in [0.05, 0.1) is 0 Å². The third kappa shape index (κ3) is 3.55. The number of hydrogen-bond donors (Lipinski definition) is 1. The predicted octanol–water partition coefficient (Wildman–Crippen LogP) is 2.27. The Labute approximate surface area is 129 Å². The van der Waals surface area contributed by atoms with Crippen molar-refractivity contribution in [1.82, 2.24) is 5.32 Å². The van der Waals surface area contributed by atoms with E-state index in [9.17, 15) is 13.2 Å². The molecule has 1 aromatic heterocycles. The van der Waals surface area contributed by atoms with Crippen LogP contribution in [0.4, 0.5) is 0 Å². The fourth-order valence-electron chi connectivity index (χ4n) is 1.91. The second-order valence-corrected chi connectivity index (χ2v) is 8.07. The minimum absolute atomic E-state index is 0.0882. The van der Waals surface area contributed by atoms with Gasteiger partial charge in [-0.05, 0) is 35.7 Å². The van der Waals surface area contributed by atoms with Crippen molar-refractivity contribution in [3.05, 3.63) is 16.5 Å². The van der Waals surface area contributed by atoms with Crippen LogP contribution in [-0.4, -0.2) is 33.1 Å². The van der Waals surface area contributed by atoms with Gasteiger partial charge in [-0.1, -0.05) is 0 Å². The predicted molar refractivity (Wildman–Crippen MR) is 75.4 cm³/mol. The Hall–Kier alpha value is -0.570. The highest BCUT2D eigenvalue weighted by Gasteiger charge is 2.31. The molecule has 0 spiro atoms. The molecule has 1 fully saturated rings. The van der Waals surface area contributed by atoms with E-state index in [1.165, 1.54) is 0 Å². The van der Waals surface area contributed by atoms with Crippen LogP contribution in [0.1, 0.15) is 30.3 Å². The van der Waals surface area contributed by atoms with Crippen molar-refractivity contribution in [3.63, 3.8) is 0 Å². The maximum atomic E-state index is 12.1. The summed E-state index contributed by atoms with van der Waals surface area (Å²) in [5.41, 5.74) is -0.394. The Bertz CT molecular complexity index is 621. The molecular weight excluding hydrogens is 374 g/mol. The topological polar surface area (TPSA) is 85.6 Å². The normalized spacial score (nSPS) is 18.8. The molecule has 1 N–H and O–H groups in total. The van der Waals surface area contributed by atoms with E-state index in [0.29, 0.717) is 26.1 Å². The van der Waals surface area contributed by atoms with Crippen molar-refractivity contribution < 1.29 is 22.4 Å². The Kier molecular flexibility index (Phi) is 4.48. The first kappa shape index (κ1) is 15.8. The summed E-state index contributed by atoms with van der Waals surface area (Å²) in [6, 6.07) is 1.10. The Morgan fingerprint density at radius 2 is 2.05 bits per heavy atom. The number of rotatable bonds is 3. The minimum Gasteiger partial charge on any atom is -0.443 e. The van der Waals surface area contributed by atoms with Crippen LogP contribution in [0, 0.1) is 0 Å². The average Bonchev–Trinajstić information content (AvgIpc) is 2.71. The molecule has 1 amide bonds. The number of nitrogens with one attached hydrogen (secondary N) is 1. The third-order valence-electron chi connectivity index (χ3n) is 3.15. The van der Waals surface area contributed by atoms with E-state index in [-0.39, 0.29) is 15.3 Å². The zero-order chi connectivity index (χ0) is 15.0. The number of furan rings is 1. The second-order valence-electron chi connectivity index (χ2n) is 4.81. The number of halogens is 2. The molecule has 1 aromatic rings. The second kappa shape index (κ2) is 5.67. The molecular formula is C11H13BrClNO5S. The Morgan fingerprint density at radius 3 is 2.55 bits per heavy atom. The zero-order valence-electron chi connectivity index (χ0n) is 10.6. The van der Waals surface area contributed by atoms with Crippen LogP contribution in [0.5, 0.6) is 0 Å². The Balaban J connectivity index is 2.18. The lowest BCUT2D eigenvalue weighted by atomic mass is 9.92. The van der Waals surface area contributed by atoms with Gasteiger partial charge in [-0.25, -0.2) is 8.42 Å². The number of hydrogen-bond acceptors (Lipinski definition) is 5. The van der Waals surface area contributed by atoms with Crippen molar-refractivity contribution in [2.24, 2.45) is 0 Å². The molecule has 0 aliphatic carbocycles. The van der Waals surface area contributed by atoms with Gasteiger partial charge in [0.1, 0.15) is 4.90 Å². The van der Waals surface area contributed by atoms with E-state index in [1.807, 2.05) is 6.92 Å². The van der Waals surface area contributed by atoms with Crippen molar-refractivity contribution in [1.29, 1.82) is 0 Å². The molecule has 1 aliphatic heterocycles. The molecule has 0 bridgehead atoms. The van der Waals surface area contributed by atoms with Gasteiger partial charge in [0.2, 0.25) is 0 Å². The standard InChI is InChI=1S/C11H13BrClNO5S/c1-11(2-4-18-5-3-11)14-10(15)7-6-8(9(12)19-7)20(13,16)17/h6H,2-5H2,1H3,(H,14,15). The first-order valence-corrected chi connectivity index (χ1v) is 8.96. The first-order valence-electron chi connectivity index (χ1n) is 5.85. The molecule has 2 rings (SSSR count). The van der Waals surface area contributed by atoms with E-state index >= 15 is 0 Å². The minimum atomic E-state index is -3.96. The molecule has 2 heterocycles. The van der Waals surface area contributed by atoms with Gasteiger partial charge in [0, 0.05) is 35.5 Å². The van der Waals surface area contributed by atoms with E-state index in [0.717, 1.165) is 6.07 Å². The highest BCUT2D eigenvalue weighted by atomic mass is 79.9. The van der Waals surface area contributed by atoms with Crippen molar-refractivity contribution in [3.8, 4) is 0 Å². The van der Waals surface area contributed by atoms with Crippen LogP contribution in [0.3, 0.4) is 0 Å². The molecule has 112 valence electrons. The molecule has 9 heteroatoms.